The zero-order valence-corrected chi connectivity index (χ0v) is 11.2. The molecule has 2 aliphatic carbocycles. The van der Waals surface area contributed by atoms with E-state index in [1.54, 1.807) is 27.8 Å². The Kier molecular flexibility index (Phi) is 3.47. The van der Waals surface area contributed by atoms with Gasteiger partial charge in [-0.3, -0.25) is 0 Å². The van der Waals surface area contributed by atoms with Gasteiger partial charge in [-0.15, -0.1) is 0 Å². The second kappa shape index (κ2) is 4.51. The molecule has 1 aromatic rings. The summed E-state index contributed by atoms with van der Waals surface area (Å²) in [6.45, 7) is 2.37. The van der Waals surface area contributed by atoms with Crippen LogP contribution >= 0.6 is 0 Å². The van der Waals surface area contributed by atoms with Crippen LogP contribution in [0.25, 0.3) is 0 Å². The fraction of sp³-hybridized carbons (Fsp3) is 0.643. The first-order chi connectivity index (χ1) is 6.88. The normalized spacial score (nSPS) is 19.0. The van der Waals surface area contributed by atoms with Crippen molar-refractivity contribution in [3.63, 3.8) is 0 Å². The van der Waals surface area contributed by atoms with Gasteiger partial charge in [0.25, 0.3) is 0 Å². The molecule has 2 aliphatic rings. The van der Waals surface area contributed by atoms with E-state index in [-0.39, 0.29) is 21.7 Å². The standard InChI is InChI=1S/C14H19.Ti/c1-10-11-6-2-4-8-13(11)14-9-5-3-7-12(10)14;/h2-9H2,1H3;/q-1;. The van der Waals surface area contributed by atoms with E-state index in [2.05, 4.69) is 6.92 Å². The van der Waals surface area contributed by atoms with E-state index < -0.39 is 0 Å². The van der Waals surface area contributed by atoms with Crippen molar-refractivity contribution in [3.05, 3.63) is 27.8 Å². The van der Waals surface area contributed by atoms with Crippen molar-refractivity contribution < 1.29 is 21.7 Å². The molecular weight excluding hydrogens is 216 g/mol. The molecular formula is C14H19Ti-. The Hall–Kier alpha value is 0.0643. The molecule has 0 saturated heterocycles. The molecule has 0 amide bonds. The Morgan fingerprint density at radius 2 is 1.13 bits per heavy atom. The molecule has 0 unspecified atom stereocenters. The minimum absolute atomic E-state index is 0. The SMILES string of the molecule is C[c-]1c2c(c3c1CCCC3)CCCC2.[Ti]. The fourth-order valence-electron chi connectivity index (χ4n) is 3.49. The maximum Gasteiger partial charge on any atom is 0 e. The summed E-state index contributed by atoms with van der Waals surface area (Å²) in [7, 11) is 0. The van der Waals surface area contributed by atoms with Gasteiger partial charge in [0.05, 0.1) is 0 Å². The molecule has 0 atom stereocenters. The Labute approximate surface area is 108 Å². The van der Waals surface area contributed by atoms with Gasteiger partial charge in [0.15, 0.2) is 0 Å². The van der Waals surface area contributed by atoms with Crippen molar-refractivity contribution in [2.24, 2.45) is 0 Å². The molecule has 0 saturated carbocycles. The van der Waals surface area contributed by atoms with Crippen LogP contribution in [-0.4, -0.2) is 0 Å². The topological polar surface area (TPSA) is 0 Å². The monoisotopic (exact) mass is 235 g/mol. The average Bonchev–Trinajstić information content (AvgIpc) is 2.55. The van der Waals surface area contributed by atoms with Crippen molar-refractivity contribution in [1.82, 2.24) is 0 Å². The van der Waals surface area contributed by atoms with Gasteiger partial charge in [-0.1, -0.05) is 58.3 Å². The summed E-state index contributed by atoms with van der Waals surface area (Å²) in [6.07, 6.45) is 11.2. The molecule has 0 N–H and O–H groups in total. The molecule has 0 fully saturated rings. The van der Waals surface area contributed by atoms with Gasteiger partial charge in [0, 0.05) is 21.7 Å². The maximum absolute atomic E-state index is 2.37. The second-order valence-corrected chi connectivity index (χ2v) is 4.95. The quantitative estimate of drug-likeness (QED) is 0.477. The van der Waals surface area contributed by atoms with E-state index in [1.165, 1.54) is 51.4 Å². The molecule has 1 aromatic carbocycles. The number of fused-ring (bicyclic) bond motifs is 3. The zero-order valence-electron chi connectivity index (χ0n) is 9.66. The minimum Gasteiger partial charge on any atom is -0.192 e. The van der Waals surface area contributed by atoms with E-state index in [1.807, 2.05) is 0 Å². The Morgan fingerprint density at radius 3 is 1.60 bits per heavy atom. The van der Waals surface area contributed by atoms with E-state index in [9.17, 15) is 0 Å². The van der Waals surface area contributed by atoms with Crippen molar-refractivity contribution in [2.45, 2.75) is 58.3 Å². The van der Waals surface area contributed by atoms with Crippen LogP contribution in [0.2, 0.25) is 0 Å². The van der Waals surface area contributed by atoms with E-state index in [0.717, 1.165) is 0 Å². The minimum atomic E-state index is 0. The molecule has 80 valence electrons. The summed E-state index contributed by atoms with van der Waals surface area (Å²) >= 11 is 0. The van der Waals surface area contributed by atoms with Crippen LogP contribution in [0.5, 0.6) is 0 Å². The van der Waals surface area contributed by atoms with Crippen LogP contribution < -0.4 is 0 Å². The summed E-state index contributed by atoms with van der Waals surface area (Å²) in [6, 6.07) is 0. The summed E-state index contributed by atoms with van der Waals surface area (Å²) in [5.74, 6) is 0. The molecule has 1 heteroatoms. The van der Waals surface area contributed by atoms with Gasteiger partial charge in [-0.25, -0.2) is 0 Å². The largest absolute Gasteiger partial charge is 0.192 e. The van der Waals surface area contributed by atoms with Crippen molar-refractivity contribution in [3.8, 4) is 0 Å². The molecule has 3 rings (SSSR count). The summed E-state index contributed by atoms with van der Waals surface area (Å²) in [4.78, 5) is 0. The molecule has 15 heavy (non-hydrogen) atoms. The smallest absolute Gasteiger partial charge is 0 e. The van der Waals surface area contributed by atoms with Crippen LogP contribution in [0.15, 0.2) is 0 Å². The Balaban J connectivity index is 0.000000853. The van der Waals surface area contributed by atoms with Crippen LogP contribution in [0.4, 0.5) is 0 Å². The first-order valence-electron chi connectivity index (χ1n) is 6.16. The van der Waals surface area contributed by atoms with Crippen LogP contribution in [-0.2, 0) is 47.4 Å². The summed E-state index contributed by atoms with van der Waals surface area (Å²) < 4.78 is 0. The fourth-order valence-corrected chi connectivity index (χ4v) is 3.49. The van der Waals surface area contributed by atoms with E-state index in [4.69, 9.17) is 0 Å². The third-order valence-corrected chi connectivity index (χ3v) is 4.21. The van der Waals surface area contributed by atoms with Crippen LogP contribution in [0.1, 0.15) is 53.5 Å². The Bertz CT molecular complexity index is 326. The van der Waals surface area contributed by atoms with Gasteiger partial charge in [0.1, 0.15) is 0 Å². The molecule has 0 bridgehead atoms. The zero-order chi connectivity index (χ0) is 9.54. The molecule has 0 aromatic heterocycles. The van der Waals surface area contributed by atoms with Crippen LogP contribution in [0, 0.1) is 6.92 Å². The molecule has 0 heterocycles. The predicted octanol–water partition coefficient (Wildman–Crippen LogP) is 3.47. The molecule has 0 spiro atoms. The van der Waals surface area contributed by atoms with Gasteiger partial charge in [-0.2, -0.15) is 27.8 Å². The number of hydrogen-bond donors (Lipinski definition) is 0. The second-order valence-electron chi connectivity index (χ2n) is 4.95. The summed E-state index contributed by atoms with van der Waals surface area (Å²) in [5, 5.41) is 0. The van der Waals surface area contributed by atoms with E-state index >= 15 is 0 Å². The number of rotatable bonds is 0. The first kappa shape index (κ1) is 11.5. The maximum atomic E-state index is 2.37. The van der Waals surface area contributed by atoms with Gasteiger partial charge in [0.2, 0.25) is 0 Å². The third kappa shape index (κ3) is 1.76. The third-order valence-electron chi connectivity index (χ3n) is 4.21. The van der Waals surface area contributed by atoms with Gasteiger partial charge in [-0.05, 0) is 0 Å². The Morgan fingerprint density at radius 1 is 0.733 bits per heavy atom. The van der Waals surface area contributed by atoms with Crippen molar-refractivity contribution >= 4 is 0 Å². The number of hydrogen-bond acceptors (Lipinski definition) is 0. The first-order valence-corrected chi connectivity index (χ1v) is 6.16. The molecule has 0 nitrogen and oxygen atoms in total. The van der Waals surface area contributed by atoms with Gasteiger partial charge >= 0.3 is 0 Å². The van der Waals surface area contributed by atoms with Gasteiger partial charge < -0.3 is 0 Å². The molecule has 0 radical (unpaired) electrons. The average molecular weight is 235 g/mol. The summed E-state index contributed by atoms with van der Waals surface area (Å²) in [5.41, 5.74) is 8.74. The predicted molar refractivity (Wildman–Crippen MR) is 60.1 cm³/mol. The van der Waals surface area contributed by atoms with Crippen molar-refractivity contribution in [2.75, 3.05) is 0 Å². The van der Waals surface area contributed by atoms with E-state index in [0.29, 0.717) is 0 Å². The van der Waals surface area contributed by atoms with Crippen molar-refractivity contribution in [1.29, 1.82) is 0 Å². The molecule has 0 aliphatic heterocycles. The van der Waals surface area contributed by atoms with Crippen LogP contribution in [0.3, 0.4) is 0 Å².